The van der Waals surface area contributed by atoms with E-state index in [0.29, 0.717) is 17.9 Å². The summed E-state index contributed by atoms with van der Waals surface area (Å²) in [5, 5.41) is 10.1. The van der Waals surface area contributed by atoms with Crippen molar-refractivity contribution in [3.63, 3.8) is 0 Å². The third kappa shape index (κ3) is 7.96. The summed E-state index contributed by atoms with van der Waals surface area (Å²) in [6, 6.07) is 13.5. The minimum absolute atomic E-state index is 0.111. The fraction of sp³-hybridized carbons (Fsp3) is 0.567. The zero-order valence-electron chi connectivity index (χ0n) is 24.6. The van der Waals surface area contributed by atoms with Gasteiger partial charge in [-0.25, -0.2) is 8.42 Å². The molecular weight excluding hydrogens is 530 g/mol. The van der Waals surface area contributed by atoms with Gasteiger partial charge in [-0.3, -0.25) is 4.79 Å². The second kappa shape index (κ2) is 14.3. The lowest BCUT2D eigenvalue weighted by Crippen LogP contribution is -2.48. The van der Waals surface area contributed by atoms with Crippen LogP contribution in [-0.4, -0.2) is 94.3 Å². The number of ether oxygens (including phenoxy) is 2. The van der Waals surface area contributed by atoms with Crippen LogP contribution in [-0.2, 0) is 14.8 Å². The number of carbonyl (C=O) groups excluding carboxylic acids is 1. The molecule has 1 aliphatic heterocycles. The number of amides is 1. The normalized spacial score (nSPS) is 22.2. The Balaban J connectivity index is 1.96. The Kier molecular flexibility index (Phi) is 11.4. The van der Waals surface area contributed by atoms with Crippen LogP contribution in [0, 0.1) is 5.92 Å². The molecule has 1 amide bonds. The van der Waals surface area contributed by atoms with Gasteiger partial charge in [-0.2, -0.15) is 4.31 Å². The van der Waals surface area contributed by atoms with Gasteiger partial charge in [-0.15, -0.1) is 0 Å². The molecule has 1 heterocycles. The first-order valence-electron chi connectivity index (χ1n) is 14.0. The summed E-state index contributed by atoms with van der Waals surface area (Å²) in [6.07, 6.45) is 1.88. The summed E-state index contributed by atoms with van der Waals surface area (Å²) in [4.78, 5) is 17.9. The van der Waals surface area contributed by atoms with Gasteiger partial charge in [0, 0.05) is 52.4 Å². The molecule has 0 unspecified atom stereocenters. The van der Waals surface area contributed by atoms with Gasteiger partial charge in [-0.1, -0.05) is 25.1 Å². The molecule has 0 fully saturated rings. The average Bonchev–Trinajstić information content (AvgIpc) is 2.94. The number of rotatable bonds is 7. The van der Waals surface area contributed by atoms with Crippen LogP contribution in [0.5, 0.6) is 5.75 Å². The number of carbonyl (C=O) groups is 1. The number of hydrogen-bond donors (Lipinski definition) is 1. The predicted molar refractivity (Wildman–Crippen MR) is 157 cm³/mol. The van der Waals surface area contributed by atoms with Gasteiger partial charge in [0.15, 0.2) is 0 Å². The van der Waals surface area contributed by atoms with Gasteiger partial charge in [0.1, 0.15) is 5.75 Å². The van der Waals surface area contributed by atoms with Gasteiger partial charge in [-0.05, 0) is 63.4 Å². The molecule has 0 aromatic heterocycles. The first kappa shape index (κ1) is 31.9. The lowest BCUT2D eigenvalue weighted by atomic mass is 10.0. The summed E-state index contributed by atoms with van der Waals surface area (Å²) in [7, 11) is 1.67. The first-order valence-corrected chi connectivity index (χ1v) is 15.4. The molecule has 0 saturated carbocycles. The largest absolute Gasteiger partial charge is 0.490 e. The van der Waals surface area contributed by atoms with E-state index in [2.05, 4.69) is 0 Å². The highest BCUT2D eigenvalue weighted by atomic mass is 32.2. The Morgan fingerprint density at radius 1 is 1.07 bits per heavy atom. The van der Waals surface area contributed by atoms with Crippen molar-refractivity contribution in [3.8, 4) is 5.75 Å². The lowest BCUT2D eigenvalue weighted by molar-refractivity contribution is -0.00833. The van der Waals surface area contributed by atoms with Crippen LogP contribution in [0.4, 0.5) is 5.69 Å². The number of hydrogen-bond acceptors (Lipinski definition) is 7. The van der Waals surface area contributed by atoms with E-state index in [0.717, 1.165) is 24.9 Å². The molecule has 222 valence electrons. The molecule has 1 aliphatic rings. The van der Waals surface area contributed by atoms with E-state index in [1.165, 1.54) is 4.31 Å². The summed E-state index contributed by atoms with van der Waals surface area (Å²) >= 11 is 0. The maximum Gasteiger partial charge on any atom is 0.258 e. The molecular formula is C30H45N3O6S. The zero-order chi connectivity index (χ0) is 29.4. The molecule has 0 aliphatic carbocycles. The highest BCUT2D eigenvalue weighted by Gasteiger charge is 2.32. The molecule has 40 heavy (non-hydrogen) atoms. The number of anilines is 1. The monoisotopic (exact) mass is 575 g/mol. The van der Waals surface area contributed by atoms with Crippen molar-refractivity contribution < 1.29 is 27.8 Å². The highest BCUT2D eigenvalue weighted by molar-refractivity contribution is 7.89. The minimum atomic E-state index is -3.72. The minimum Gasteiger partial charge on any atom is -0.490 e. The van der Waals surface area contributed by atoms with Gasteiger partial charge in [0.25, 0.3) is 5.91 Å². The predicted octanol–water partition coefficient (Wildman–Crippen LogP) is 3.87. The molecule has 0 spiro atoms. The molecule has 4 atom stereocenters. The van der Waals surface area contributed by atoms with Crippen molar-refractivity contribution in [2.24, 2.45) is 5.92 Å². The first-order chi connectivity index (χ1) is 18.9. The van der Waals surface area contributed by atoms with E-state index < -0.39 is 22.2 Å². The van der Waals surface area contributed by atoms with Gasteiger partial charge in [0.05, 0.1) is 35.3 Å². The third-order valence-electron chi connectivity index (χ3n) is 7.44. The Morgan fingerprint density at radius 2 is 1.77 bits per heavy atom. The van der Waals surface area contributed by atoms with Crippen molar-refractivity contribution in [1.29, 1.82) is 0 Å². The number of benzene rings is 2. The molecule has 3 rings (SSSR count). The molecule has 0 saturated heterocycles. The van der Waals surface area contributed by atoms with Crippen LogP contribution >= 0.6 is 0 Å². The number of sulfonamides is 1. The second-order valence-electron chi connectivity index (χ2n) is 11.0. The fourth-order valence-electron chi connectivity index (χ4n) is 4.78. The molecule has 9 nitrogen and oxygen atoms in total. The smallest absolute Gasteiger partial charge is 0.258 e. The van der Waals surface area contributed by atoms with Crippen molar-refractivity contribution >= 4 is 21.6 Å². The number of aliphatic hydroxyl groups excluding tert-OH is 1. The third-order valence-corrected chi connectivity index (χ3v) is 9.28. The highest BCUT2D eigenvalue weighted by Crippen LogP contribution is 2.29. The molecule has 10 heteroatoms. The number of nitrogens with zero attached hydrogens (tertiary/aromatic N) is 3. The Hall–Kier alpha value is -2.66. The van der Waals surface area contributed by atoms with E-state index in [1.807, 2.05) is 51.0 Å². The van der Waals surface area contributed by atoms with Crippen LogP contribution in [0.25, 0.3) is 0 Å². The van der Waals surface area contributed by atoms with Crippen molar-refractivity contribution in [3.05, 3.63) is 54.1 Å². The molecule has 2 aromatic rings. The molecule has 1 N–H and O–H groups in total. The number of fused-ring (bicyclic) bond motifs is 1. The average molecular weight is 576 g/mol. The van der Waals surface area contributed by atoms with Crippen molar-refractivity contribution in [1.82, 2.24) is 9.21 Å². The summed E-state index contributed by atoms with van der Waals surface area (Å²) in [5.74, 6) is 0.0412. The fourth-order valence-corrected chi connectivity index (χ4v) is 5.98. The topological polar surface area (TPSA) is 99.6 Å². The Bertz CT molecular complexity index is 1210. The number of likely N-dealkylation sites (N-methyl/N-ethyl adjacent to an activating group) is 1. The van der Waals surface area contributed by atoms with E-state index in [-0.39, 0.29) is 42.5 Å². The van der Waals surface area contributed by atoms with Crippen molar-refractivity contribution in [2.75, 3.05) is 52.3 Å². The maximum atomic E-state index is 14.1. The van der Waals surface area contributed by atoms with E-state index in [4.69, 9.17) is 9.47 Å². The molecule has 0 radical (unpaired) electrons. The summed E-state index contributed by atoms with van der Waals surface area (Å²) < 4.78 is 40.4. The van der Waals surface area contributed by atoms with Gasteiger partial charge >= 0.3 is 0 Å². The van der Waals surface area contributed by atoms with Crippen LogP contribution in [0.2, 0.25) is 0 Å². The summed E-state index contributed by atoms with van der Waals surface area (Å²) in [5.41, 5.74) is 1.30. The van der Waals surface area contributed by atoms with Crippen LogP contribution < -0.4 is 9.64 Å². The Labute approximate surface area is 239 Å². The van der Waals surface area contributed by atoms with Crippen molar-refractivity contribution in [2.45, 2.75) is 63.2 Å². The van der Waals surface area contributed by atoms with Gasteiger partial charge < -0.3 is 24.4 Å². The van der Waals surface area contributed by atoms with E-state index in [1.54, 1.807) is 49.2 Å². The lowest BCUT2D eigenvalue weighted by Gasteiger charge is -2.35. The SMILES string of the molecule is C[C@H]1CCCCO[C@H](CN(C)S(=O)(=O)c2ccccc2)[C@@H](C)CN([C@@H](C)CO)C(=O)c2cc(N(C)C)ccc2O1. The van der Waals surface area contributed by atoms with E-state index >= 15 is 0 Å². The Morgan fingerprint density at radius 3 is 2.42 bits per heavy atom. The summed E-state index contributed by atoms with van der Waals surface area (Å²) in [6.45, 7) is 6.40. The van der Waals surface area contributed by atoms with Crippen LogP contribution in [0.1, 0.15) is 50.4 Å². The second-order valence-corrected chi connectivity index (χ2v) is 13.0. The van der Waals surface area contributed by atoms with Gasteiger partial charge in [0.2, 0.25) is 10.0 Å². The molecule has 0 bridgehead atoms. The zero-order valence-corrected chi connectivity index (χ0v) is 25.4. The van der Waals surface area contributed by atoms with Crippen LogP contribution in [0.3, 0.4) is 0 Å². The number of aliphatic hydroxyl groups is 1. The standard InChI is InChI=1S/C30H45N3O6S/c1-22-19-33(23(2)21-34)30(35)27-18-25(31(4)5)15-16-28(27)39-24(3)12-10-11-17-38-29(22)20-32(6)40(36,37)26-13-8-7-9-14-26/h7-9,13-16,18,22-24,29,34H,10-12,17,19-21H2,1-6H3/t22-,23-,24-,29+/m0/s1. The van der Waals surface area contributed by atoms with E-state index in [9.17, 15) is 18.3 Å². The quantitative estimate of drug-likeness (QED) is 0.535. The maximum absolute atomic E-state index is 14.1. The van der Waals surface area contributed by atoms with Crippen LogP contribution in [0.15, 0.2) is 53.4 Å². The molecule has 2 aromatic carbocycles.